The number of rotatable bonds is 6. The van der Waals surface area contributed by atoms with E-state index >= 15 is 0 Å². The van der Waals surface area contributed by atoms with E-state index < -0.39 is 0 Å². The molecule has 0 amide bonds. The van der Waals surface area contributed by atoms with Crippen LogP contribution in [0.5, 0.6) is 11.5 Å². The van der Waals surface area contributed by atoms with Crippen molar-refractivity contribution in [3.63, 3.8) is 0 Å². The lowest BCUT2D eigenvalue weighted by atomic mass is 9.93. The molecule has 0 unspecified atom stereocenters. The van der Waals surface area contributed by atoms with Gasteiger partial charge in [-0.05, 0) is 49.7 Å². The van der Waals surface area contributed by atoms with Gasteiger partial charge in [0, 0.05) is 25.6 Å². The van der Waals surface area contributed by atoms with Crippen LogP contribution in [0.2, 0.25) is 0 Å². The highest BCUT2D eigenvalue weighted by molar-refractivity contribution is 7.13. The predicted molar refractivity (Wildman–Crippen MR) is 106 cm³/mol. The number of ether oxygens (including phenoxy) is 2. The molecule has 26 heavy (non-hydrogen) atoms. The molecule has 7 heteroatoms. The van der Waals surface area contributed by atoms with Crippen molar-refractivity contribution in [2.45, 2.75) is 19.8 Å². The lowest BCUT2D eigenvalue weighted by Gasteiger charge is -2.29. The summed E-state index contributed by atoms with van der Waals surface area (Å²) in [6.45, 7) is 4.10. The molecule has 0 bridgehead atoms. The Bertz CT molecular complexity index is 861. The number of anilines is 1. The van der Waals surface area contributed by atoms with Gasteiger partial charge in [0.1, 0.15) is 0 Å². The first-order valence-corrected chi connectivity index (χ1v) is 9.62. The highest BCUT2D eigenvalue weighted by Crippen LogP contribution is 2.46. The minimum Gasteiger partial charge on any atom is -0.733 e. The molecule has 3 rings (SSSR count). The lowest BCUT2D eigenvalue weighted by Crippen LogP contribution is -2.13. The fourth-order valence-corrected chi connectivity index (χ4v) is 5.05. The smallest absolute Gasteiger partial charge is 0.162 e. The maximum Gasteiger partial charge on any atom is 0.162 e. The Kier molecular flexibility index (Phi) is 5.52. The predicted octanol–water partition coefficient (Wildman–Crippen LogP) is 5.32. The van der Waals surface area contributed by atoms with Crippen molar-refractivity contribution in [1.82, 2.24) is 0 Å². The molecule has 0 atom stereocenters. The van der Waals surface area contributed by atoms with Crippen LogP contribution in [-0.2, 0) is 0 Å². The molecule has 0 aliphatic heterocycles. The number of nitrogens with zero attached hydrogens (tertiary/aromatic N) is 1. The van der Waals surface area contributed by atoms with Crippen molar-refractivity contribution in [2.75, 3.05) is 19.4 Å². The van der Waals surface area contributed by atoms with Gasteiger partial charge in [-0.25, -0.2) is 0 Å². The van der Waals surface area contributed by atoms with Crippen LogP contribution in [0.4, 0.5) is 5.69 Å². The Labute approximate surface area is 160 Å². The van der Waals surface area contributed by atoms with Crippen LogP contribution in [0.15, 0.2) is 36.4 Å². The molecule has 1 N–H and O–H groups in total. The molecule has 0 saturated heterocycles. The summed E-state index contributed by atoms with van der Waals surface area (Å²) in [5.41, 5.74) is 0.814. The van der Waals surface area contributed by atoms with Gasteiger partial charge in [0.2, 0.25) is 0 Å². The van der Waals surface area contributed by atoms with Crippen molar-refractivity contribution >= 4 is 28.4 Å². The lowest BCUT2D eigenvalue weighted by molar-refractivity contribution is 0.294. The van der Waals surface area contributed by atoms with Crippen LogP contribution < -0.4 is 14.7 Å². The minimum atomic E-state index is -0.175. The van der Waals surface area contributed by atoms with E-state index in [1.807, 2.05) is 13.8 Å². The maximum absolute atomic E-state index is 11.9. The average Bonchev–Trinajstić information content (AvgIpc) is 3.23. The van der Waals surface area contributed by atoms with Gasteiger partial charge in [-0.2, -0.15) is 0 Å². The molecular weight excluding hydrogens is 370 g/mol. The third-order valence-corrected chi connectivity index (χ3v) is 6.27. The molecule has 0 aliphatic carbocycles. The van der Waals surface area contributed by atoms with Crippen LogP contribution in [0.25, 0.3) is 0 Å². The SMILES string of the molecule is COc1cc(C(c2ccc(C)s2)c2ccc(C)s2)c(N([O-])O)cc1OC. The average molecular weight is 391 g/mol. The summed E-state index contributed by atoms with van der Waals surface area (Å²) in [7, 11) is 3.05. The Morgan fingerprint density at radius 3 is 1.81 bits per heavy atom. The Morgan fingerprint density at radius 2 is 1.42 bits per heavy atom. The molecule has 138 valence electrons. The van der Waals surface area contributed by atoms with Crippen molar-refractivity contribution in [2.24, 2.45) is 0 Å². The molecule has 0 saturated carbocycles. The molecule has 2 aromatic heterocycles. The number of benzene rings is 1. The van der Waals surface area contributed by atoms with E-state index in [4.69, 9.17) is 9.47 Å². The summed E-state index contributed by atoms with van der Waals surface area (Å²) in [5.74, 6) is 0.732. The largest absolute Gasteiger partial charge is 0.733 e. The standard InChI is InChI=1S/C19H20NO4S2/c1-11-5-7-17(25-11)19(18-8-6-12(2)26-18)13-9-15(23-3)16(24-4)10-14(13)20(21)22/h5-10,19,21H,1-4H3/q-1. The van der Waals surface area contributed by atoms with Gasteiger partial charge in [-0.1, -0.05) is 0 Å². The Morgan fingerprint density at radius 1 is 0.923 bits per heavy atom. The zero-order valence-corrected chi connectivity index (χ0v) is 16.6. The normalized spacial score (nSPS) is 11.0. The van der Waals surface area contributed by atoms with Crippen LogP contribution in [0.3, 0.4) is 0 Å². The maximum atomic E-state index is 11.9. The molecule has 5 nitrogen and oxygen atoms in total. The second-order valence-electron chi connectivity index (χ2n) is 5.87. The first-order valence-electron chi connectivity index (χ1n) is 7.99. The van der Waals surface area contributed by atoms with Gasteiger partial charge in [0.25, 0.3) is 0 Å². The van der Waals surface area contributed by atoms with Gasteiger partial charge < -0.3 is 19.9 Å². The van der Waals surface area contributed by atoms with E-state index in [9.17, 15) is 10.4 Å². The van der Waals surface area contributed by atoms with Crippen molar-refractivity contribution in [3.8, 4) is 11.5 Å². The first kappa shape index (κ1) is 18.7. The molecule has 0 spiro atoms. The zero-order valence-electron chi connectivity index (χ0n) is 15.0. The topological polar surface area (TPSA) is 65.0 Å². The van der Waals surface area contributed by atoms with Crippen LogP contribution >= 0.6 is 22.7 Å². The van der Waals surface area contributed by atoms with Gasteiger partial charge in [0.15, 0.2) is 11.5 Å². The monoisotopic (exact) mass is 390 g/mol. The molecule has 0 radical (unpaired) electrons. The number of hydrogen-bond donors (Lipinski definition) is 1. The molecule has 0 aliphatic rings. The Hall–Kier alpha value is -2.06. The summed E-state index contributed by atoms with van der Waals surface area (Å²) in [4.78, 5) is 4.56. The number of aryl methyl sites for hydroxylation is 2. The summed E-state index contributed by atoms with van der Waals surface area (Å²) >= 11 is 3.34. The highest BCUT2D eigenvalue weighted by Gasteiger charge is 2.25. The summed E-state index contributed by atoms with van der Waals surface area (Å²) in [5, 5.41) is 21.5. The van der Waals surface area contributed by atoms with E-state index in [1.165, 1.54) is 22.9 Å². The minimum absolute atomic E-state index is 0.106. The van der Waals surface area contributed by atoms with E-state index in [2.05, 4.69) is 24.3 Å². The van der Waals surface area contributed by atoms with Crippen LogP contribution in [-0.4, -0.2) is 19.4 Å². The fourth-order valence-electron chi connectivity index (χ4n) is 2.94. The van der Waals surface area contributed by atoms with E-state index in [1.54, 1.807) is 35.8 Å². The van der Waals surface area contributed by atoms with Gasteiger partial charge in [-0.3, -0.25) is 5.21 Å². The van der Waals surface area contributed by atoms with Crippen molar-refractivity contribution in [3.05, 3.63) is 66.7 Å². The summed E-state index contributed by atoms with van der Waals surface area (Å²) in [6, 6.07) is 11.5. The summed E-state index contributed by atoms with van der Waals surface area (Å²) in [6.07, 6.45) is 0. The number of methoxy groups -OCH3 is 2. The van der Waals surface area contributed by atoms with E-state index in [-0.39, 0.29) is 16.8 Å². The third-order valence-electron chi connectivity index (χ3n) is 4.14. The molecule has 1 aromatic carbocycles. The fraction of sp³-hybridized carbons (Fsp3) is 0.263. The van der Waals surface area contributed by atoms with Crippen molar-refractivity contribution < 1.29 is 14.7 Å². The van der Waals surface area contributed by atoms with Crippen molar-refractivity contribution in [1.29, 1.82) is 0 Å². The zero-order chi connectivity index (χ0) is 18.8. The van der Waals surface area contributed by atoms with Crippen LogP contribution in [0, 0.1) is 19.1 Å². The van der Waals surface area contributed by atoms with Gasteiger partial charge in [-0.15, -0.1) is 22.7 Å². The van der Waals surface area contributed by atoms with E-state index in [0.717, 1.165) is 9.75 Å². The van der Waals surface area contributed by atoms with E-state index in [0.29, 0.717) is 17.1 Å². The molecule has 0 fully saturated rings. The molecule has 2 heterocycles. The third kappa shape index (κ3) is 3.57. The van der Waals surface area contributed by atoms with Gasteiger partial charge in [0.05, 0.1) is 25.8 Å². The second-order valence-corrected chi connectivity index (χ2v) is 8.51. The number of thiophene rings is 2. The highest BCUT2D eigenvalue weighted by atomic mass is 32.1. The molecule has 3 aromatic rings. The molecular formula is C19H20NO4S2-. The Balaban J connectivity index is 2.26. The number of hydrogen-bond acceptors (Lipinski definition) is 7. The second kappa shape index (κ2) is 7.67. The quantitative estimate of drug-likeness (QED) is 0.577. The van der Waals surface area contributed by atoms with Crippen LogP contribution in [0.1, 0.15) is 31.0 Å². The first-order chi connectivity index (χ1) is 12.4. The summed E-state index contributed by atoms with van der Waals surface area (Å²) < 4.78 is 10.7. The van der Waals surface area contributed by atoms with Gasteiger partial charge >= 0.3 is 0 Å².